The maximum Gasteiger partial charge on any atom is 0.352 e. The Morgan fingerprint density at radius 3 is 2.36 bits per heavy atom. The molecule has 0 bridgehead atoms. The van der Waals surface area contributed by atoms with Crippen LogP contribution in [0.15, 0.2) is 99.6 Å². The first-order valence-corrected chi connectivity index (χ1v) is 24.2. The number of aromatic nitrogens is 5. The van der Waals surface area contributed by atoms with Gasteiger partial charge >= 0.3 is 17.7 Å². The van der Waals surface area contributed by atoms with E-state index in [1.165, 1.54) is 58.8 Å². The average Bonchev–Trinajstić information content (AvgIpc) is 4.11. The molecule has 70 heavy (non-hydrogen) atoms. The number of amides is 4. The molecule has 8 N–H and O–H groups in total. The minimum absolute atomic E-state index is 0.0273. The van der Waals surface area contributed by atoms with Gasteiger partial charge in [0.1, 0.15) is 32.9 Å². The van der Waals surface area contributed by atoms with Gasteiger partial charge in [0.25, 0.3) is 23.5 Å². The molecule has 0 spiro atoms. The van der Waals surface area contributed by atoms with E-state index in [0.29, 0.717) is 27.4 Å². The number of nitrogens with two attached hydrogens (primary N) is 1. The first-order chi connectivity index (χ1) is 33.5. The van der Waals surface area contributed by atoms with Crippen LogP contribution in [0, 0.1) is 6.92 Å². The number of hydrazine groups is 1. The molecule has 1 saturated heterocycles. The SMILES string of the molecule is Cc1cc(SCC2=C(C(=O)O)N3C(=O)[C@@H](NC(=O)/C(=N\OC(C)(C)C(=O)NNc4cc(Cl)c5c(c4Cl)OC(c4ccccc4)(c4ccccc4)O5)c4csc(N)n4)[C@H]3SC2)n2nc(C(=O)NO)nc2n1. The standard InChI is InChI=1S/C43H36Cl2N12O10S3/c1-19-14-26(57-41(47-19)50-33(53-57)35(59)54-64)68-16-20-17-69-37-29(36(60)56(37)30(20)38(61)62)49-34(58)28(25-18-70-40(46)48-25)55-67-42(2,3)39(63)52-51-24-15-23(44)31-32(27(24)45)66-43(65-31,21-10-6-4-7-11-21)22-12-8-5-9-13-22/h4-15,18,29,37,51,64H,16-17H2,1-3H3,(H2,46,48)(H,49,58)(H,52,63)(H,54,59)(H,61,62)/b55-28-/t29-,37-/m1/s1. The largest absolute Gasteiger partial charge is 0.477 e. The van der Waals surface area contributed by atoms with E-state index in [9.17, 15) is 29.1 Å². The second-order valence-electron chi connectivity index (χ2n) is 15.9. The number of carbonyl (C=O) groups is 5. The number of carbonyl (C=O) groups excluding carboxylic acids is 4. The molecule has 3 aromatic heterocycles. The van der Waals surface area contributed by atoms with Gasteiger partial charge in [0.05, 0.1) is 10.7 Å². The quantitative estimate of drug-likeness (QED) is 0.0182. The molecule has 27 heteroatoms. The van der Waals surface area contributed by atoms with Crippen molar-refractivity contribution in [2.75, 3.05) is 22.7 Å². The van der Waals surface area contributed by atoms with Crippen LogP contribution >= 0.6 is 58.1 Å². The summed E-state index contributed by atoms with van der Waals surface area (Å²) < 4.78 is 14.2. The molecule has 6 aromatic rings. The summed E-state index contributed by atoms with van der Waals surface area (Å²) in [5.74, 6) is -5.89. The van der Waals surface area contributed by atoms with Crippen LogP contribution in [0.25, 0.3) is 5.78 Å². The van der Waals surface area contributed by atoms with Crippen LogP contribution in [-0.4, -0.2) is 104 Å². The number of carboxylic acids is 1. The van der Waals surface area contributed by atoms with E-state index >= 15 is 0 Å². The number of fused-ring (bicyclic) bond motifs is 3. The number of ether oxygens (including phenoxy) is 2. The topological polar surface area (TPSA) is 299 Å². The van der Waals surface area contributed by atoms with Crippen LogP contribution in [0.3, 0.4) is 0 Å². The van der Waals surface area contributed by atoms with E-state index in [-0.39, 0.29) is 66.9 Å². The van der Waals surface area contributed by atoms with Gasteiger partial charge in [-0.05, 0) is 38.5 Å². The molecule has 0 unspecified atom stereocenters. The predicted octanol–water partition coefficient (Wildman–Crippen LogP) is 4.74. The third kappa shape index (κ3) is 8.86. The van der Waals surface area contributed by atoms with Crippen LogP contribution in [0.4, 0.5) is 10.8 Å². The maximum absolute atomic E-state index is 14.0. The monoisotopic (exact) mass is 1050 g/mol. The molecule has 3 aliphatic heterocycles. The number of hydroxylamine groups is 1. The van der Waals surface area contributed by atoms with Crippen molar-refractivity contribution in [3.8, 4) is 11.5 Å². The van der Waals surface area contributed by atoms with Gasteiger partial charge in [-0.2, -0.15) is 9.50 Å². The number of β-lactam (4-membered cyclic amide) rings is 1. The summed E-state index contributed by atoms with van der Waals surface area (Å²) in [6.45, 7) is 4.44. The number of aryl methyl sites for hydroxylation is 1. The van der Waals surface area contributed by atoms with Crippen molar-refractivity contribution in [2.45, 2.75) is 48.6 Å². The van der Waals surface area contributed by atoms with Crippen LogP contribution in [-0.2, 0) is 29.8 Å². The van der Waals surface area contributed by atoms with Crippen molar-refractivity contribution < 1.29 is 48.6 Å². The molecule has 0 saturated carbocycles. The van der Waals surface area contributed by atoms with Gasteiger partial charge < -0.3 is 30.5 Å². The summed E-state index contributed by atoms with van der Waals surface area (Å²) in [4.78, 5) is 85.2. The predicted molar refractivity (Wildman–Crippen MR) is 257 cm³/mol. The van der Waals surface area contributed by atoms with E-state index in [1.54, 1.807) is 13.0 Å². The highest BCUT2D eigenvalue weighted by Gasteiger charge is 2.55. The Kier molecular flexibility index (Phi) is 13.0. The number of oxime groups is 1. The number of nitrogens with zero attached hydrogens (tertiary/aromatic N) is 7. The first kappa shape index (κ1) is 47.9. The van der Waals surface area contributed by atoms with Crippen LogP contribution in [0.1, 0.15) is 47.0 Å². The Balaban J connectivity index is 0.881. The normalized spacial score (nSPS) is 17.1. The lowest BCUT2D eigenvalue weighted by molar-refractivity contribution is -0.150. The Hall–Kier alpha value is -7.16. The number of nitrogens with one attached hydrogen (secondary N) is 4. The minimum Gasteiger partial charge on any atom is -0.477 e. The number of thioether (sulfide) groups is 2. The number of halogens is 2. The number of anilines is 2. The van der Waals surface area contributed by atoms with Gasteiger partial charge in [-0.1, -0.05) is 89.0 Å². The van der Waals surface area contributed by atoms with Gasteiger partial charge in [-0.25, -0.2) is 20.2 Å². The zero-order valence-corrected chi connectivity index (χ0v) is 40.4. The van der Waals surface area contributed by atoms with E-state index in [4.69, 9.17) is 48.5 Å². The molecule has 6 heterocycles. The lowest BCUT2D eigenvalue weighted by Crippen LogP contribution is -2.71. The Morgan fingerprint density at radius 2 is 1.71 bits per heavy atom. The van der Waals surface area contributed by atoms with Crippen molar-refractivity contribution in [1.29, 1.82) is 0 Å². The lowest BCUT2D eigenvalue weighted by atomic mass is 9.97. The van der Waals surface area contributed by atoms with Crippen LogP contribution < -0.4 is 36.9 Å². The van der Waals surface area contributed by atoms with Crippen molar-refractivity contribution in [1.82, 2.24) is 45.7 Å². The zero-order valence-electron chi connectivity index (χ0n) is 36.4. The number of hydrogen-bond donors (Lipinski definition) is 7. The van der Waals surface area contributed by atoms with Crippen LogP contribution in [0.2, 0.25) is 10.0 Å². The number of aliphatic carboxylic acids is 1. The van der Waals surface area contributed by atoms with Crippen molar-refractivity contribution in [3.63, 3.8) is 0 Å². The molecule has 360 valence electrons. The summed E-state index contributed by atoms with van der Waals surface area (Å²) in [6.07, 6.45) is 0. The molecule has 2 atom stereocenters. The molecule has 3 aliphatic rings. The second kappa shape index (κ2) is 19.0. The zero-order chi connectivity index (χ0) is 49.6. The van der Waals surface area contributed by atoms with Crippen LogP contribution in [0.5, 0.6) is 11.5 Å². The fraction of sp³-hybridized carbons (Fsp3) is 0.209. The fourth-order valence-corrected chi connectivity index (χ4v) is 10.9. The van der Waals surface area contributed by atoms with E-state index < -0.39 is 58.1 Å². The molecule has 4 amide bonds. The molecular formula is C43H36Cl2N12O10S3. The smallest absolute Gasteiger partial charge is 0.352 e. The van der Waals surface area contributed by atoms with Gasteiger partial charge in [0, 0.05) is 33.7 Å². The first-order valence-electron chi connectivity index (χ1n) is 20.6. The van der Waals surface area contributed by atoms with Gasteiger partial charge in [0.15, 0.2) is 22.3 Å². The summed E-state index contributed by atoms with van der Waals surface area (Å²) >= 11 is 17.0. The molecule has 22 nitrogen and oxygen atoms in total. The minimum atomic E-state index is -1.79. The number of rotatable bonds is 15. The summed E-state index contributed by atoms with van der Waals surface area (Å²) in [6, 6.07) is 20.4. The van der Waals surface area contributed by atoms with Gasteiger partial charge in [-0.15, -0.1) is 40.0 Å². The molecule has 0 radical (unpaired) electrons. The van der Waals surface area contributed by atoms with E-state index in [1.807, 2.05) is 60.7 Å². The number of nitrogen functional groups attached to an aromatic ring is 1. The third-order valence-corrected chi connectivity index (χ3v) is 14.5. The van der Waals surface area contributed by atoms with Crippen molar-refractivity contribution in [3.05, 3.63) is 128 Å². The third-order valence-electron chi connectivity index (χ3n) is 10.8. The Morgan fingerprint density at radius 1 is 1.03 bits per heavy atom. The van der Waals surface area contributed by atoms with E-state index in [0.717, 1.165) is 16.2 Å². The van der Waals surface area contributed by atoms with Gasteiger partial charge in [0.2, 0.25) is 11.4 Å². The average molecular weight is 1050 g/mol. The summed E-state index contributed by atoms with van der Waals surface area (Å²) in [5.41, 5.74) is 12.6. The van der Waals surface area contributed by atoms with E-state index in [2.05, 4.69) is 41.4 Å². The molecular weight excluding hydrogens is 1010 g/mol. The second-order valence-corrected chi connectivity index (χ2v) is 19.6. The highest BCUT2D eigenvalue weighted by atomic mass is 35.5. The number of benzene rings is 3. The lowest BCUT2D eigenvalue weighted by Gasteiger charge is -2.49. The van der Waals surface area contributed by atoms with Gasteiger partial charge in [-0.3, -0.25) is 40.1 Å². The summed E-state index contributed by atoms with van der Waals surface area (Å²) in [5, 5.41) is 31.4. The Bertz CT molecular complexity index is 3150. The number of carboxylic acid groups (broad SMARTS) is 1. The number of thiazole rings is 1. The Labute approximate surface area is 417 Å². The highest BCUT2D eigenvalue weighted by Crippen LogP contribution is 2.56. The summed E-state index contributed by atoms with van der Waals surface area (Å²) in [7, 11) is 0. The molecule has 3 aromatic carbocycles. The molecule has 9 rings (SSSR count). The fourth-order valence-electron chi connectivity index (χ4n) is 7.33. The maximum atomic E-state index is 14.0. The molecule has 0 aliphatic carbocycles. The molecule has 1 fully saturated rings. The highest BCUT2D eigenvalue weighted by molar-refractivity contribution is 8.01. The number of hydrogen-bond acceptors (Lipinski definition) is 19. The van der Waals surface area contributed by atoms with Crippen molar-refractivity contribution >= 4 is 110 Å². The van der Waals surface area contributed by atoms with Crippen molar-refractivity contribution in [2.24, 2.45) is 5.16 Å².